The van der Waals surface area contributed by atoms with Gasteiger partial charge >= 0.3 is 0 Å². The molecule has 0 aliphatic heterocycles. The normalized spacial score (nSPS) is 11.6. The highest BCUT2D eigenvalue weighted by atomic mass is 32.1. The fraction of sp³-hybridized carbons (Fsp3) is 0. The van der Waals surface area contributed by atoms with E-state index in [1.807, 2.05) is 11.3 Å². The molecule has 0 saturated carbocycles. The highest BCUT2D eigenvalue weighted by molar-refractivity contribution is 7.27. The van der Waals surface area contributed by atoms with Crippen LogP contribution in [-0.2, 0) is 0 Å². The van der Waals surface area contributed by atoms with Crippen molar-refractivity contribution in [3.8, 4) is 33.4 Å². The van der Waals surface area contributed by atoms with Gasteiger partial charge in [-0.15, -0.1) is 11.3 Å². The molecule has 0 N–H and O–H groups in total. The van der Waals surface area contributed by atoms with E-state index in [1.165, 1.54) is 53.2 Å². The number of fused-ring (bicyclic) bond motifs is 7. The first-order chi connectivity index (χ1) is 27.3. The molecule has 0 atom stereocenters. The van der Waals surface area contributed by atoms with Crippen LogP contribution in [0.4, 0.5) is 17.1 Å². The lowest BCUT2D eigenvalue weighted by Gasteiger charge is -2.26. The number of rotatable bonds is 6. The van der Waals surface area contributed by atoms with Gasteiger partial charge in [0.15, 0.2) is 0 Å². The van der Waals surface area contributed by atoms with E-state index in [1.54, 1.807) is 0 Å². The second kappa shape index (κ2) is 12.9. The lowest BCUT2D eigenvalue weighted by atomic mass is 10.0. The summed E-state index contributed by atoms with van der Waals surface area (Å²) in [7, 11) is 0. The van der Waals surface area contributed by atoms with Gasteiger partial charge in [-0.2, -0.15) is 0 Å². The largest absolute Gasteiger partial charge is 0.455 e. The van der Waals surface area contributed by atoms with Crippen molar-refractivity contribution in [1.82, 2.24) is 0 Å². The lowest BCUT2D eigenvalue weighted by Crippen LogP contribution is -2.10. The first-order valence-corrected chi connectivity index (χ1v) is 19.5. The van der Waals surface area contributed by atoms with Gasteiger partial charge < -0.3 is 9.32 Å². The van der Waals surface area contributed by atoms with Crippen LogP contribution in [0.1, 0.15) is 0 Å². The Morgan fingerprint density at radius 2 is 0.982 bits per heavy atom. The Morgan fingerprint density at radius 1 is 0.364 bits per heavy atom. The average Bonchev–Trinajstić information content (AvgIpc) is 3.83. The maximum atomic E-state index is 6.79. The fourth-order valence-electron chi connectivity index (χ4n) is 8.20. The van der Waals surface area contributed by atoms with Crippen molar-refractivity contribution in [3.05, 3.63) is 200 Å². The predicted molar refractivity (Wildman–Crippen MR) is 235 cm³/mol. The maximum Gasteiger partial charge on any atom is 0.143 e. The Labute approximate surface area is 322 Å². The molecule has 2 nitrogen and oxygen atoms in total. The van der Waals surface area contributed by atoms with E-state index in [2.05, 4.69) is 205 Å². The number of para-hydroxylation sites is 1. The molecular formula is C52H33NOS. The Kier molecular flexibility index (Phi) is 7.39. The van der Waals surface area contributed by atoms with Crippen molar-refractivity contribution in [2.24, 2.45) is 0 Å². The number of anilines is 3. The number of hydrogen-bond donors (Lipinski definition) is 0. The average molecular weight is 720 g/mol. The zero-order chi connectivity index (χ0) is 36.3. The standard InChI is InChI=1S/C52H33NOS/c1-3-13-36(14-4-1)42-18-9-20-45-44-31-30-41(33-49(44)54-50(42)45)53(40-28-26-35(27-29-40)39-25-24-34-12-7-8-17-38(34)32-39)48-23-11-22-47-46-21-10-19-43(51(46)55-52(47)48)37-15-5-2-6-16-37/h1-33H. The van der Waals surface area contributed by atoms with Crippen LogP contribution in [0.2, 0.25) is 0 Å². The minimum atomic E-state index is 0.864. The van der Waals surface area contributed by atoms with E-state index in [9.17, 15) is 0 Å². The molecule has 55 heavy (non-hydrogen) atoms. The number of nitrogens with zero attached hydrogens (tertiary/aromatic N) is 1. The summed E-state index contributed by atoms with van der Waals surface area (Å²) in [5, 5.41) is 7.25. The van der Waals surface area contributed by atoms with Gasteiger partial charge in [0.25, 0.3) is 0 Å². The third kappa shape index (κ3) is 5.32. The summed E-state index contributed by atoms with van der Waals surface area (Å²) in [5.74, 6) is 0. The van der Waals surface area contributed by atoms with E-state index in [-0.39, 0.29) is 0 Å². The molecule has 11 aromatic rings. The zero-order valence-electron chi connectivity index (χ0n) is 29.8. The summed E-state index contributed by atoms with van der Waals surface area (Å²) in [6.07, 6.45) is 0. The monoisotopic (exact) mass is 719 g/mol. The Morgan fingerprint density at radius 3 is 1.76 bits per heavy atom. The third-order valence-corrected chi connectivity index (χ3v) is 12.1. The molecule has 9 aromatic carbocycles. The van der Waals surface area contributed by atoms with Gasteiger partial charge in [0, 0.05) is 49.2 Å². The van der Waals surface area contributed by atoms with E-state index in [0.717, 1.165) is 50.1 Å². The molecule has 2 aromatic heterocycles. The topological polar surface area (TPSA) is 16.4 Å². The van der Waals surface area contributed by atoms with E-state index >= 15 is 0 Å². The molecule has 0 bridgehead atoms. The van der Waals surface area contributed by atoms with Crippen molar-refractivity contribution in [2.75, 3.05) is 4.90 Å². The molecule has 0 radical (unpaired) electrons. The predicted octanol–water partition coefficient (Wildman–Crippen LogP) is 15.6. The second-order valence-corrected chi connectivity index (χ2v) is 15.1. The van der Waals surface area contributed by atoms with Crippen LogP contribution in [0.5, 0.6) is 0 Å². The van der Waals surface area contributed by atoms with Gasteiger partial charge in [0.05, 0.1) is 10.4 Å². The van der Waals surface area contributed by atoms with Crippen molar-refractivity contribution in [1.29, 1.82) is 0 Å². The molecule has 0 fully saturated rings. The molecule has 0 unspecified atom stereocenters. The van der Waals surface area contributed by atoms with Gasteiger partial charge in [-0.25, -0.2) is 0 Å². The van der Waals surface area contributed by atoms with Gasteiger partial charge in [0.2, 0.25) is 0 Å². The molecule has 2 heterocycles. The molecular weight excluding hydrogens is 687 g/mol. The first-order valence-electron chi connectivity index (χ1n) is 18.7. The van der Waals surface area contributed by atoms with Gasteiger partial charge in [-0.1, -0.05) is 158 Å². The molecule has 258 valence electrons. The summed E-state index contributed by atoms with van der Waals surface area (Å²) < 4.78 is 9.33. The smallest absolute Gasteiger partial charge is 0.143 e. The van der Waals surface area contributed by atoms with E-state index in [4.69, 9.17) is 4.42 Å². The Balaban J connectivity index is 1.11. The molecule has 0 spiro atoms. The van der Waals surface area contributed by atoms with Gasteiger partial charge in [-0.05, 0) is 75.0 Å². The molecule has 0 saturated heterocycles. The molecule has 0 amide bonds. The van der Waals surface area contributed by atoms with Crippen molar-refractivity contribution in [2.45, 2.75) is 0 Å². The van der Waals surface area contributed by atoms with Crippen LogP contribution in [0, 0.1) is 0 Å². The minimum Gasteiger partial charge on any atom is -0.455 e. The second-order valence-electron chi connectivity index (χ2n) is 14.1. The Bertz CT molecular complexity index is 3190. The van der Waals surface area contributed by atoms with Gasteiger partial charge in [0.1, 0.15) is 11.2 Å². The van der Waals surface area contributed by atoms with Crippen LogP contribution in [-0.4, -0.2) is 0 Å². The Hall–Kier alpha value is -6.94. The number of benzene rings is 9. The number of thiophene rings is 1. The summed E-state index contributed by atoms with van der Waals surface area (Å²) in [4.78, 5) is 2.40. The van der Waals surface area contributed by atoms with Crippen molar-refractivity contribution in [3.63, 3.8) is 0 Å². The third-order valence-electron chi connectivity index (χ3n) is 10.9. The van der Waals surface area contributed by atoms with Crippen molar-refractivity contribution < 1.29 is 4.42 Å². The quantitative estimate of drug-likeness (QED) is 0.170. The van der Waals surface area contributed by atoms with Crippen LogP contribution in [0.3, 0.4) is 0 Å². The molecule has 11 rings (SSSR count). The summed E-state index contributed by atoms with van der Waals surface area (Å²) in [6, 6.07) is 72.0. The zero-order valence-corrected chi connectivity index (χ0v) is 30.6. The lowest BCUT2D eigenvalue weighted by molar-refractivity contribution is 0.670. The van der Waals surface area contributed by atoms with Crippen molar-refractivity contribution >= 4 is 81.3 Å². The van der Waals surface area contributed by atoms with Crippen LogP contribution < -0.4 is 4.90 Å². The summed E-state index contributed by atoms with van der Waals surface area (Å²) in [6.45, 7) is 0. The van der Waals surface area contributed by atoms with Crippen LogP contribution in [0.15, 0.2) is 205 Å². The maximum absolute atomic E-state index is 6.79. The SMILES string of the molecule is c1ccc(-c2cccc3c2oc2cc(N(c4ccc(-c5ccc6ccccc6c5)cc4)c4cccc5c4sc4c(-c6ccccc6)cccc45)ccc23)cc1. The van der Waals surface area contributed by atoms with E-state index in [0.29, 0.717) is 0 Å². The number of hydrogen-bond acceptors (Lipinski definition) is 3. The molecule has 0 aliphatic carbocycles. The highest BCUT2D eigenvalue weighted by Gasteiger charge is 2.21. The summed E-state index contributed by atoms with van der Waals surface area (Å²) >= 11 is 1.87. The first kappa shape index (κ1) is 31.6. The van der Waals surface area contributed by atoms with Gasteiger partial charge in [-0.3, -0.25) is 0 Å². The molecule has 3 heteroatoms. The van der Waals surface area contributed by atoms with Crippen LogP contribution >= 0.6 is 11.3 Å². The molecule has 0 aliphatic rings. The fourth-order valence-corrected chi connectivity index (χ4v) is 9.54. The minimum absolute atomic E-state index is 0.864. The van der Waals surface area contributed by atoms with E-state index < -0.39 is 0 Å². The highest BCUT2D eigenvalue weighted by Crippen LogP contribution is 2.48. The number of furan rings is 1. The summed E-state index contributed by atoms with van der Waals surface area (Å²) in [5.41, 5.74) is 12.2. The van der Waals surface area contributed by atoms with Crippen LogP contribution in [0.25, 0.3) is 86.3 Å².